The van der Waals surface area contributed by atoms with E-state index in [0.717, 1.165) is 38.5 Å². The van der Waals surface area contributed by atoms with Gasteiger partial charge in [0, 0.05) is 56.5 Å². The van der Waals surface area contributed by atoms with E-state index in [1.807, 2.05) is 11.9 Å². The molecule has 42 heavy (non-hydrogen) atoms. The lowest BCUT2D eigenvalue weighted by atomic mass is 9.87. The van der Waals surface area contributed by atoms with E-state index in [9.17, 15) is 0 Å². The fourth-order valence-electron chi connectivity index (χ4n) is 8.02. The SMILES string of the molecule is Cc1cccc(C)c1C1CC2NC(NSC3CCCC(C3)CN3CCN(Cc4ccccc4)C[C@@H](O2)[C@H]3CC(C)C)N1. The Morgan fingerprint density at radius 1 is 0.929 bits per heavy atom. The van der Waals surface area contributed by atoms with Gasteiger partial charge in [-0.1, -0.05) is 80.7 Å². The number of hydrogen-bond donors (Lipinski definition) is 3. The minimum Gasteiger partial charge on any atom is -0.357 e. The monoisotopic (exact) mass is 591 g/mol. The first kappa shape index (κ1) is 30.6. The molecular weight excluding hydrogens is 538 g/mol. The van der Waals surface area contributed by atoms with E-state index in [1.165, 1.54) is 60.9 Å². The number of rotatable bonds is 5. The molecular formula is C35H53N5OS. The summed E-state index contributed by atoms with van der Waals surface area (Å²) in [6.45, 7) is 14.7. The first-order chi connectivity index (χ1) is 20.4. The van der Waals surface area contributed by atoms with Crippen LogP contribution in [0.3, 0.4) is 0 Å². The topological polar surface area (TPSA) is 51.8 Å². The van der Waals surface area contributed by atoms with Crippen molar-refractivity contribution in [3.05, 3.63) is 70.8 Å². The number of hydrogen-bond acceptors (Lipinski definition) is 7. The number of ether oxygens (including phenoxy) is 1. The Morgan fingerprint density at radius 3 is 2.52 bits per heavy atom. The van der Waals surface area contributed by atoms with Crippen LogP contribution in [0.25, 0.3) is 0 Å². The van der Waals surface area contributed by atoms with Gasteiger partial charge in [0.15, 0.2) is 0 Å². The molecule has 4 fully saturated rings. The summed E-state index contributed by atoms with van der Waals surface area (Å²) in [7, 11) is 0. The van der Waals surface area contributed by atoms with Crippen molar-refractivity contribution in [2.75, 3.05) is 26.2 Å². The summed E-state index contributed by atoms with van der Waals surface area (Å²) < 4.78 is 11.2. The molecule has 6 unspecified atom stereocenters. The van der Waals surface area contributed by atoms with Gasteiger partial charge in [0.2, 0.25) is 0 Å². The van der Waals surface area contributed by atoms with Crippen LogP contribution >= 0.6 is 11.9 Å². The first-order valence-electron chi connectivity index (χ1n) is 16.6. The normalized spacial score (nSPS) is 34.6. The molecule has 1 saturated carbocycles. The number of fused-ring (bicyclic) bond motifs is 6. The molecule has 2 aromatic carbocycles. The lowest BCUT2D eigenvalue weighted by Gasteiger charge is -2.42. The number of nitrogens with one attached hydrogen (secondary N) is 3. The quantitative estimate of drug-likeness (QED) is 0.371. The number of benzene rings is 2. The second-order valence-corrected chi connectivity index (χ2v) is 15.0. The van der Waals surface area contributed by atoms with E-state index in [1.54, 1.807) is 0 Å². The van der Waals surface area contributed by atoms with Crippen LogP contribution in [-0.2, 0) is 11.3 Å². The van der Waals surface area contributed by atoms with Gasteiger partial charge in [0.25, 0.3) is 0 Å². The molecule has 0 spiro atoms. The summed E-state index contributed by atoms with van der Waals surface area (Å²) in [5.74, 6) is 1.39. The van der Waals surface area contributed by atoms with E-state index in [-0.39, 0.29) is 24.7 Å². The molecule has 3 aliphatic heterocycles. The van der Waals surface area contributed by atoms with Crippen LogP contribution < -0.4 is 15.4 Å². The van der Waals surface area contributed by atoms with Gasteiger partial charge in [-0.3, -0.25) is 20.4 Å². The lowest BCUT2D eigenvalue weighted by Crippen LogP contribution is -2.62. The Labute approximate surface area is 258 Å². The van der Waals surface area contributed by atoms with Crippen LogP contribution in [0.5, 0.6) is 0 Å². The van der Waals surface area contributed by atoms with E-state index >= 15 is 0 Å². The average molecular weight is 592 g/mol. The molecule has 1 aliphatic carbocycles. The van der Waals surface area contributed by atoms with Crippen LogP contribution in [0.15, 0.2) is 48.5 Å². The molecule has 3 N–H and O–H groups in total. The van der Waals surface area contributed by atoms with E-state index in [0.29, 0.717) is 17.2 Å². The Morgan fingerprint density at radius 2 is 1.74 bits per heavy atom. The van der Waals surface area contributed by atoms with Crippen molar-refractivity contribution in [3.63, 3.8) is 0 Å². The summed E-state index contributed by atoms with van der Waals surface area (Å²) in [4.78, 5) is 5.53. The summed E-state index contributed by atoms with van der Waals surface area (Å²) in [5, 5.41) is 8.46. The molecule has 6 bridgehead atoms. The maximum atomic E-state index is 7.33. The highest BCUT2D eigenvalue weighted by molar-refractivity contribution is 7.98. The molecule has 4 aliphatic rings. The van der Waals surface area contributed by atoms with Crippen LogP contribution in [-0.4, -0.2) is 65.9 Å². The Hall–Kier alpha value is -1.45. The molecule has 3 saturated heterocycles. The molecule has 230 valence electrons. The highest BCUT2D eigenvalue weighted by Crippen LogP contribution is 2.36. The van der Waals surface area contributed by atoms with Crippen molar-refractivity contribution in [2.24, 2.45) is 11.8 Å². The molecule has 0 aromatic heterocycles. The zero-order valence-corrected chi connectivity index (χ0v) is 27.0. The second-order valence-electron chi connectivity index (χ2n) is 13.8. The van der Waals surface area contributed by atoms with Gasteiger partial charge in [-0.2, -0.15) is 0 Å². The molecule has 0 radical (unpaired) electrons. The molecule has 7 heteroatoms. The highest BCUT2D eigenvalue weighted by atomic mass is 32.2. The number of aryl methyl sites for hydroxylation is 2. The third-order valence-corrected chi connectivity index (χ3v) is 11.1. The lowest BCUT2D eigenvalue weighted by molar-refractivity contribution is -0.0990. The molecule has 6 nitrogen and oxygen atoms in total. The van der Waals surface area contributed by atoms with Gasteiger partial charge in [0.05, 0.1) is 6.10 Å². The minimum atomic E-state index is -0.0216. The van der Waals surface area contributed by atoms with Crippen molar-refractivity contribution >= 4 is 11.9 Å². The van der Waals surface area contributed by atoms with Gasteiger partial charge in [-0.15, -0.1) is 0 Å². The molecule has 8 atom stereocenters. The highest BCUT2D eigenvalue weighted by Gasteiger charge is 2.40. The second kappa shape index (κ2) is 14.1. The van der Waals surface area contributed by atoms with Gasteiger partial charge in [-0.05, 0) is 73.6 Å². The van der Waals surface area contributed by atoms with Gasteiger partial charge in [-0.25, -0.2) is 4.72 Å². The molecule has 0 amide bonds. The summed E-state index contributed by atoms with van der Waals surface area (Å²) in [5.41, 5.74) is 5.55. The van der Waals surface area contributed by atoms with E-state index in [4.69, 9.17) is 4.74 Å². The molecule has 6 rings (SSSR count). The predicted octanol–water partition coefficient (Wildman–Crippen LogP) is 5.97. The average Bonchev–Trinajstić information content (AvgIpc) is 3.10. The van der Waals surface area contributed by atoms with Crippen molar-refractivity contribution in [3.8, 4) is 0 Å². The van der Waals surface area contributed by atoms with Gasteiger partial charge < -0.3 is 4.74 Å². The van der Waals surface area contributed by atoms with Crippen molar-refractivity contribution in [2.45, 2.75) is 109 Å². The van der Waals surface area contributed by atoms with Crippen LogP contribution in [0.1, 0.15) is 80.7 Å². The zero-order chi connectivity index (χ0) is 29.1. The van der Waals surface area contributed by atoms with E-state index in [2.05, 4.69) is 101 Å². The van der Waals surface area contributed by atoms with Crippen molar-refractivity contribution in [1.82, 2.24) is 25.2 Å². The smallest absolute Gasteiger partial charge is 0.123 e. The first-order valence-corrected chi connectivity index (χ1v) is 17.4. The van der Waals surface area contributed by atoms with E-state index < -0.39 is 0 Å². The fourth-order valence-corrected chi connectivity index (χ4v) is 9.13. The predicted molar refractivity (Wildman–Crippen MR) is 175 cm³/mol. The third kappa shape index (κ3) is 7.60. The Balaban J connectivity index is 1.33. The standard InChI is InChI=1S/C35H53N5OS/c1-24(2)18-31-32-23-39(21-27-12-6-5-7-13-27)16-17-40(31)22-28-14-9-15-29(19-28)42-38-35-36-30(20-33(37-35)41-32)34-25(3)10-8-11-26(34)4/h5-8,10-13,24,28-33,35-38H,9,14-23H2,1-4H3/t28?,29?,30?,31-,32-,33?,35?/m1/s1. The molecule has 3 heterocycles. The van der Waals surface area contributed by atoms with Gasteiger partial charge in [0.1, 0.15) is 12.5 Å². The summed E-state index contributed by atoms with van der Waals surface area (Å²) >= 11 is 1.96. The van der Waals surface area contributed by atoms with Gasteiger partial charge >= 0.3 is 0 Å². The summed E-state index contributed by atoms with van der Waals surface area (Å²) in [6, 6.07) is 18.4. The van der Waals surface area contributed by atoms with Crippen LogP contribution in [0, 0.1) is 25.7 Å². The number of nitrogens with zero attached hydrogens (tertiary/aromatic N) is 2. The maximum absolute atomic E-state index is 7.33. The minimum absolute atomic E-state index is 0.00439. The Bertz CT molecular complexity index is 1130. The third-order valence-electron chi connectivity index (χ3n) is 9.98. The maximum Gasteiger partial charge on any atom is 0.123 e. The zero-order valence-electron chi connectivity index (χ0n) is 26.2. The van der Waals surface area contributed by atoms with Crippen molar-refractivity contribution < 1.29 is 4.74 Å². The molecule has 2 aromatic rings. The largest absolute Gasteiger partial charge is 0.357 e. The van der Waals surface area contributed by atoms with Crippen molar-refractivity contribution in [1.29, 1.82) is 0 Å². The van der Waals surface area contributed by atoms with Crippen LogP contribution in [0.4, 0.5) is 0 Å². The fraction of sp³-hybridized carbons (Fsp3) is 0.657. The summed E-state index contributed by atoms with van der Waals surface area (Å²) in [6.07, 6.45) is 7.55. The Kier molecular flexibility index (Phi) is 10.3. The van der Waals surface area contributed by atoms with Crippen LogP contribution in [0.2, 0.25) is 0 Å².